The van der Waals surface area contributed by atoms with Crippen molar-refractivity contribution in [2.24, 2.45) is 5.10 Å². The van der Waals surface area contributed by atoms with Crippen LogP contribution in [0.15, 0.2) is 5.10 Å². The van der Waals surface area contributed by atoms with Gasteiger partial charge in [-0.3, -0.25) is 9.59 Å². The fourth-order valence-electron chi connectivity index (χ4n) is 2.56. The molecule has 0 aromatic rings. The highest BCUT2D eigenvalue weighted by Gasteiger charge is 2.29. The zero-order valence-electron chi connectivity index (χ0n) is 12.7. The summed E-state index contributed by atoms with van der Waals surface area (Å²) in [4.78, 5) is 25.6. The maximum atomic E-state index is 12.5. The third-order valence-corrected chi connectivity index (χ3v) is 3.76. The number of amides is 2. The number of hydrazone groups is 1. The summed E-state index contributed by atoms with van der Waals surface area (Å²) >= 11 is 0. The Morgan fingerprint density at radius 2 is 2.19 bits per heavy atom. The Morgan fingerprint density at radius 3 is 2.90 bits per heavy atom. The smallest absolute Gasteiger partial charge is 0.270 e. The lowest BCUT2D eigenvalue weighted by atomic mass is 10.1. The molecule has 2 amide bonds. The molecule has 0 aromatic heterocycles. The van der Waals surface area contributed by atoms with E-state index in [-0.39, 0.29) is 17.9 Å². The Morgan fingerprint density at radius 1 is 1.38 bits per heavy atom. The summed E-state index contributed by atoms with van der Waals surface area (Å²) in [6.07, 6.45) is 2.71. The minimum Gasteiger partial charge on any atom is -0.382 e. The predicted molar refractivity (Wildman–Crippen MR) is 76.9 cm³/mol. The molecule has 7 heteroatoms. The standard InChI is InChI=1S/C14H23N3O4/c1-16-13(18)6-5-12(15-16)14(19)17-7-3-4-11(10-17)21-9-8-20-2/h11H,3-10H2,1-2H3. The van der Waals surface area contributed by atoms with Gasteiger partial charge in [0.05, 0.1) is 19.3 Å². The molecule has 0 radical (unpaired) electrons. The number of nitrogens with zero attached hydrogens (tertiary/aromatic N) is 3. The maximum absolute atomic E-state index is 12.5. The van der Waals surface area contributed by atoms with Crippen molar-refractivity contribution in [3.63, 3.8) is 0 Å². The summed E-state index contributed by atoms with van der Waals surface area (Å²) in [5, 5.41) is 5.34. The molecule has 2 aliphatic heterocycles. The van der Waals surface area contributed by atoms with Crippen LogP contribution in [0.25, 0.3) is 0 Å². The van der Waals surface area contributed by atoms with Crippen molar-refractivity contribution in [1.29, 1.82) is 0 Å². The molecule has 1 atom stereocenters. The molecule has 1 unspecified atom stereocenters. The Labute approximate surface area is 124 Å². The van der Waals surface area contributed by atoms with Gasteiger partial charge in [-0.2, -0.15) is 5.10 Å². The first-order valence-corrected chi connectivity index (χ1v) is 7.35. The minimum absolute atomic E-state index is 0.0500. The van der Waals surface area contributed by atoms with Crippen molar-refractivity contribution in [2.75, 3.05) is 40.5 Å². The van der Waals surface area contributed by atoms with Crippen molar-refractivity contribution >= 4 is 17.5 Å². The highest BCUT2D eigenvalue weighted by molar-refractivity contribution is 6.39. The Hall–Kier alpha value is -1.47. The van der Waals surface area contributed by atoms with Crippen LogP contribution in [0.3, 0.4) is 0 Å². The summed E-state index contributed by atoms with van der Waals surface area (Å²) in [6.45, 7) is 2.41. The van der Waals surface area contributed by atoms with Gasteiger partial charge < -0.3 is 14.4 Å². The zero-order valence-corrected chi connectivity index (χ0v) is 12.7. The normalized spacial score (nSPS) is 23.2. The van der Waals surface area contributed by atoms with E-state index in [1.807, 2.05) is 0 Å². The SMILES string of the molecule is COCCOC1CCCN(C(=O)C2=NN(C)C(=O)CC2)C1. The van der Waals surface area contributed by atoms with Crippen LogP contribution >= 0.6 is 0 Å². The van der Waals surface area contributed by atoms with E-state index in [2.05, 4.69) is 5.10 Å². The van der Waals surface area contributed by atoms with Gasteiger partial charge in [-0.15, -0.1) is 0 Å². The fourth-order valence-corrected chi connectivity index (χ4v) is 2.56. The van der Waals surface area contributed by atoms with Crippen molar-refractivity contribution in [3.05, 3.63) is 0 Å². The number of piperidine rings is 1. The van der Waals surface area contributed by atoms with E-state index in [4.69, 9.17) is 9.47 Å². The first-order valence-electron chi connectivity index (χ1n) is 7.35. The molecule has 0 N–H and O–H groups in total. The van der Waals surface area contributed by atoms with E-state index in [1.54, 1.807) is 19.1 Å². The minimum atomic E-state index is -0.0746. The summed E-state index contributed by atoms with van der Waals surface area (Å²) < 4.78 is 10.7. The van der Waals surface area contributed by atoms with Gasteiger partial charge >= 0.3 is 0 Å². The number of carbonyl (C=O) groups is 2. The number of methoxy groups -OCH3 is 1. The molecule has 2 aliphatic rings. The monoisotopic (exact) mass is 297 g/mol. The fraction of sp³-hybridized carbons (Fsp3) is 0.786. The van der Waals surface area contributed by atoms with Crippen molar-refractivity contribution in [2.45, 2.75) is 31.8 Å². The molecule has 2 heterocycles. The Bertz CT molecular complexity index is 424. The quantitative estimate of drug-likeness (QED) is 0.682. The topological polar surface area (TPSA) is 71.4 Å². The lowest BCUT2D eigenvalue weighted by Gasteiger charge is -2.33. The molecule has 2 rings (SSSR count). The van der Waals surface area contributed by atoms with Gasteiger partial charge in [0.25, 0.3) is 5.91 Å². The van der Waals surface area contributed by atoms with Gasteiger partial charge in [-0.1, -0.05) is 0 Å². The predicted octanol–water partition coefficient (Wildman–Crippen LogP) is 0.249. The van der Waals surface area contributed by atoms with E-state index < -0.39 is 0 Å². The van der Waals surface area contributed by atoms with Gasteiger partial charge in [-0.05, 0) is 12.8 Å². The summed E-state index contributed by atoms with van der Waals surface area (Å²) in [5.41, 5.74) is 0.467. The summed E-state index contributed by atoms with van der Waals surface area (Å²) in [6, 6.07) is 0. The highest BCUT2D eigenvalue weighted by atomic mass is 16.5. The average molecular weight is 297 g/mol. The number of carbonyl (C=O) groups excluding carboxylic acids is 2. The molecule has 1 fully saturated rings. The van der Waals surface area contributed by atoms with Gasteiger partial charge in [-0.25, -0.2) is 5.01 Å². The number of hydrogen-bond acceptors (Lipinski definition) is 5. The molecule has 118 valence electrons. The van der Waals surface area contributed by atoms with Crippen LogP contribution in [0.5, 0.6) is 0 Å². The lowest BCUT2D eigenvalue weighted by Crippen LogP contribution is -2.47. The van der Waals surface area contributed by atoms with Gasteiger partial charge in [0, 0.05) is 40.1 Å². The van der Waals surface area contributed by atoms with E-state index in [0.29, 0.717) is 38.3 Å². The second-order valence-corrected chi connectivity index (χ2v) is 5.34. The Balaban J connectivity index is 1.90. The average Bonchev–Trinajstić information content (AvgIpc) is 2.50. The van der Waals surface area contributed by atoms with Crippen LogP contribution < -0.4 is 0 Å². The van der Waals surface area contributed by atoms with Crippen LogP contribution in [0, 0.1) is 0 Å². The van der Waals surface area contributed by atoms with Crippen LogP contribution in [0.4, 0.5) is 0 Å². The van der Waals surface area contributed by atoms with E-state index in [0.717, 1.165) is 19.4 Å². The molecule has 0 bridgehead atoms. The molecule has 21 heavy (non-hydrogen) atoms. The number of hydrogen-bond donors (Lipinski definition) is 0. The third kappa shape index (κ3) is 4.25. The van der Waals surface area contributed by atoms with Crippen LogP contribution in [0.1, 0.15) is 25.7 Å². The lowest BCUT2D eigenvalue weighted by molar-refractivity contribution is -0.131. The third-order valence-electron chi connectivity index (χ3n) is 3.76. The first kappa shape index (κ1) is 15.9. The van der Waals surface area contributed by atoms with Crippen LogP contribution in [-0.2, 0) is 19.1 Å². The van der Waals surface area contributed by atoms with Crippen molar-refractivity contribution in [1.82, 2.24) is 9.91 Å². The maximum Gasteiger partial charge on any atom is 0.270 e. The first-order chi connectivity index (χ1) is 10.1. The molecule has 0 aliphatic carbocycles. The van der Waals surface area contributed by atoms with Crippen LogP contribution in [0.2, 0.25) is 0 Å². The highest BCUT2D eigenvalue weighted by Crippen LogP contribution is 2.16. The van der Waals surface area contributed by atoms with E-state index in [9.17, 15) is 9.59 Å². The molecule has 0 aromatic carbocycles. The molecule has 0 spiro atoms. The van der Waals surface area contributed by atoms with Gasteiger partial charge in [0.15, 0.2) is 0 Å². The second-order valence-electron chi connectivity index (χ2n) is 5.34. The summed E-state index contributed by atoms with van der Waals surface area (Å²) in [7, 11) is 3.22. The van der Waals surface area contributed by atoms with Crippen LogP contribution in [-0.4, -0.2) is 74.0 Å². The van der Waals surface area contributed by atoms with E-state index >= 15 is 0 Å². The molecule has 0 saturated carbocycles. The van der Waals surface area contributed by atoms with Crippen molar-refractivity contribution in [3.8, 4) is 0 Å². The zero-order chi connectivity index (χ0) is 15.2. The van der Waals surface area contributed by atoms with E-state index in [1.165, 1.54) is 5.01 Å². The largest absolute Gasteiger partial charge is 0.382 e. The summed E-state index contributed by atoms with van der Waals surface area (Å²) in [5.74, 6) is -0.125. The number of likely N-dealkylation sites (tertiary alicyclic amines) is 1. The molecular weight excluding hydrogens is 274 g/mol. The van der Waals surface area contributed by atoms with Gasteiger partial charge in [0.1, 0.15) is 5.71 Å². The van der Waals surface area contributed by atoms with Gasteiger partial charge in [0.2, 0.25) is 5.91 Å². The number of ether oxygens (including phenoxy) is 2. The second kappa shape index (κ2) is 7.51. The molecule has 7 nitrogen and oxygen atoms in total. The molecular formula is C14H23N3O4. The Kier molecular flexibility index (Phi) is 5.69. The molecule has 1 saturated heterocycles. The van der Waals surface area contributed by atoms with Crippen molar-refractivity contribution < 1.29 is 19.1 Å². The number of rotatable bonds is 5.